The Morgan fingerprint density at radius 2 is 2.28 bits per heavy atom. The van der Waals surface area contributed by atoms with Gasteiger partial charge in [-0.15, -0.1) is 0 Å². The van der Waals surface area contributed by atoms with E-state index in [2.05, 4.69) is 22.2 Å². The van der Waals surface area contributed by atoms with E-state index in [9.17, 15) is 0 Å². The van der Waals surface area contributed by atoms with Crippen molar-refractivity contribution in [2.75, 3.05) is 24.2 Å². The fraction of sp³-hybridized carbons (Fsp3) is 0.692. The number of aromatic nitrogens is 2. The zero-order valence-corrected chi connectivity index (χ0v) is 11.0. The molecule has 3 N–H and O–H groups in total. The van der Waals surface area contributed by atoms with E-state index in [4.69, 9.17) is 10.5 Å². The van der Waals surface area contributed by atoms with E-state index in [1.54, 1.807) is 0 Å². The largest absolute Gasteiger partial charge is 0.477 e. The van der Waals surface area contributed by atoms with Gasteiger partial charge in [0.15, 0.2) is 0 Å². The third kappa shape index (κ3) is 3.75. The molecule has 0 atom stereocenters. The molecule has 0 unspecified atom stereocenters. The molecule has 5 heteroatoms. The molecule has 1 aromatic rings. The van der Waals surface area contributed by atoms with E-state index in [0.717, 1.165) is 31.1 Å². The highest BCUT2D eigenvalue weighted by Gasteiger charge is 2.17. The molecule has 0 saturated heterocycles. The van der Waals surface area contributed by atoms with E-state index in [1.807, 2.05) is 6.07 Å². The van der Waals surface area contributed by atoms with E-state index in [1.165, 1.54) is 19.3 Å². The van der Waals surface area contributed by atoms with Crippen LogP contribution in [0.15, 0.2) is 6.07 Å². The average Bonchev–Trinajstić information content (AvgIpc) is 2.29. The zero-order valence-electron chi connectivity index (χ0n) is 11.0. The molecular weight excluding hydrogens is 228 g/mol. The lowest BCUT2D eigenvalue weighted by atomic mass is 9.83. The molecule has 1 aliphatic carbocycles. The van der Waals surface area contributed by atoms with Gasteiger partial charge in [-0.2, -0.15) is 9.97 Å². The maximum Gasteiger partial charge on any atom is 0.225 e. The van der Waals surface area contributed by atoms with Crippen molar-refractivity contribution < 1.29 is 4.74 Å². The van der Waals surface area contributed by atoms with Gasteiger partial charge in [-0.1, -0.05) is 26.2 Å². The van der Waals surface area contributed by atoms with Crippen LogP contribution in [-0.4, -0.2) is 23.1 Å². The molecule has 1 fully saturated rings. The van der Waals surface area contributed by atoms with Crippen LogP contribution in [-0.2, 0) is 0 Å². The summed E-state index contributed by atoms with van der Waals surface area (Å²) in [7, 11) is 0. The van der Waals surface area contributed by atoms with Crippen molar-refractivity contribution >= 4 is 11.8 Å². The number of nitrogen functional groups attached to an aromatic ring is 1. The van der Waals surface area contributed by atoms with Gasteiger partial charge in [-0.3, -0.25) is 0 Å². The molecular formula is C13H22N4O. The van der Waals surface area contributed by atoms with E-state index < -0.39 is 0 Å². The summed E-state index contributed by atoms with van der Waals surface area (Å²) in [5.41, 5.74) is 5.66. The number of rotatable bonds is 7. The number of hydrogen-bond acceptors (Lipinski definition) is 5. The second-order valence-electron chi connectivity index (χ2n) is 4.81. The van der Waals surface area contributed by atoms with Gasteiger partial charge < -0.3 is 15.8 Å². The first-order chi connectivity index (χ1) is 8.78. The summed E-state index contributed by atoms with van der Waals surface area (Å²) >= 11 is 0. The second-order valence-corrected chi connectivity index (χ2v) is 4.81. The first-order valence-electron chi connectivity index (χ1n) is 6.79. The van der Waals surface area contributed by atoms with Crippen molar-refractivity contribution in [3.8, 4) is 5.88 Å². The van der Waals surface area contributed by atoms with Crippen LogP contribution in [0.25, 0.3) is 0 Å². The number of nitrogens with two attached hydrogens (primary N) is 1. The van der Waals surface area contributed by atoms with Crippen LogP contribution in [0.1, 0.15) is 39.0 Å². The average molecular weight is 250 g/mol. The van der Waals surface area contributed by atoms with Crippen LogP contribution in [0, 0.1) is 5.92 Å². The maximum atomic E-state index is 5.66. The lowest BCUT2D eigenvalue weighted by Gasteiger charge is -2.24. The molecule has 5 nitrogen and oxygen atoms in total. The summed E-state index contributed by atoms with van der Waals surface area (Å²) in [5, 5.41) is 3.19. The van der Waals surface area contributed by atoms with Crippen molar-refractivity contribution in [1.29, 1.82) is 0 Å². The molecule has 0 amide bonds. The Morgan fingerprint density at radius 3 is 2.94 bits per heavy atom. The van der Waals surface area contributed by atoms with Gasteiger partial charge in [0.2, 0.25) is 11.8 Å². The van der Waals surface area contributed by atoms with Crippen molar-refractivity contribution in [1.82, 2.24) is 9.97 Å². The molecule has 0 aliphatic heterocycles. The quantitative estimate of drug-likeness (QED) is 0.777. The zero-order chi connectivity index (χ0) is 12.8. The summed E-state index contributed by atoms with van der Waals surface area (Å²) in [5.74, 6) is 2.42. The number of nitrogens with zero attached hydrogens (tertiary/aromatic N) is 2. The van der Waals surface area contributed by atoms with Crippen LogP contribution < -0.4 is 15.8 Å². The van der Waals surface area contributed by atoms with Crippen molar-refractivity contribution in [3.63, 3.8) is 0 Å². The van der Waals surface area contributed by atoms with Crippen LogP contribution in [0.2, 0.25) is 0 Å². The predicted molar refractivity (Wildman–Crippen MR) is 72.7 cm³/mol. The van der Waals surface area contributed by atoms with Crippen molar-refractivity contribution in [2.24, 2.45) is 5.92 Å². The molecule has 100 valence electrons. The van der Waals surface area contributed by atoms with Crippen molar-refractivity contribution in [2.45, 2.75) is 39.0 Å². The minimum Gasteiger partial charge on any atom is -0.477 e. The number of anilines is 2. The molecule has 18 heavy (non-hydrogen) atoms. The van der Waals surface area contributed by atoms with Crippen LogP contribution in [0.3, 0.4) is 0 Å². The first kappa shape index (κ1) is 12.9. The van der Waals surface area contributed by atoms with Gasteiger partial charge >= 0.3 is 0 Å². The van der Waals surface area contributed by atoms with Gasteiger partial charge in [0.25, 0.3) is 0 Å². The smallest absolute Gasteiger partial charge is 0.225 e. The van der Waals surface area contributed by atoms with Gasteiger partial charge in [-0.05, 0) is 18.8 Å². The standard InChI is InChI=1S/C13H22N4O/c1-2-7-15-11-9-12(17-13(14)16-11)18-8-6-10-4-3-5-10/h9-10H,2-8H2,1H3,(H3,14,15,16,17). The van der Waals surface area contributed by atoms with Crippen molar-refractivity contribution in [3.05, 3.63) is 6.07 Å². The fourth-order valence-electron chi connectivity index (χ4n) is 1.97. The fourth-order valence-corrected chi connectivity index (χ4v) is 1.97. The van der Waals surface area contributed by atoms with Crippen LogP contribution in [0.5, 0.6) is 5.88 Å². The van der Waals surface area contributed by atoms with Gasteiger partial charge in [0.05, 0.1) is 6.61 Å². The summed E-state index contributed by atoms with van der Waals surface area (Å²) in [6, 6.07) is 1.81. The monoisotopic (exact) mass is 250 g/mol. The number of nitrogens with one attached hydrogen (secondary N) is 1. The Morgan fingerprint density at radius 1 is 1.44 bits per heavy atom. The van der Waals surface area contributed by atoms with Crippen LogP contribution in [0.4, 0.5) is 11.8 Å². The topological polar surface area (TPSA) is 73.1 Å². The third-order valence-electron chi connectivity index (χ3n) is 3.28. The first-order valence-corrected chi connectivity index (χ1v) is 6.79. The third-order valence-corrected chi connectivity index (χ3v) is 3.28. The van der Waals surface area contributed by atoms with E-state index in [0.29, 0.717) is 12.5 Å². The van der Waals surface area contributed by atoms with E-state index >= 15 is 0 Å². The molecule has 0 radical (unpaired) electrons. The highest BCUT2D eigenvalue weighted by Crippen LogP contribution is 2.29. The highest BCUT2D eigenvalue weighted by molar-refractivity contribution is 5.42. The number of ether oxygens (including phenoxy) is 1. The molecule has 0 aromatic carbocycles. The molecule has 1 heterocycles. The van der Waals surface area contributed by atoms with E-state index in [-0.39, 0.29) is 5.95 Å². The summed E-state index contributed by atoms with van der Waals surface area (Å²) in [6.07, 6.45) is 6.22. The van der Waals surface area contributed by atoms with Gasteiger partial charge in [-0.25, -0.2) is 0 Å². The molecule has 2 rings (SSSR count). The van der Waals surface area contributed by atoms with Crippen LogP contribution >= 0.6 is 0 Å². The highest BCUT2D eigenvalue weighted by atomic mass is 16.5. The Hall–Kier alpha value is -1.52. The predicted octanol–water partition coefficient (Wildman–Crippen LogP) is 2.45. The second kappa shape index (κ2) is 6.42. The Labute approximate surface area is 108 Å². The normalized spacial score (nSPS) is 15.2. The number of hydrogen-bond donors (Lipinski definition) is 2. The Bertz CT molecular complexity index is 379. The van der Waals surface area contributed by atoms with Gasteiger partial charge in [0, 0.05) is 12.6 Å². The summed E-state index contributed by atoms with van der Waals surface area (Å²) < 4.78 is 5.64. The molecule has 0 spiro atoms. The molecule has 1 saturated carbocycles. The lowest BCUT2D eigenvalue weighted by Crippen LogP contribution is -2.15. The minimum absolute atomic E-state index is 0.259. The Balaban J connectivity index is 1.83. The SMILES string of the molecule is CCCNc1cc(OCCC2CCC2)nc(N)n1. The van der Waals surface area contributed by atoms with Gasteiger partial charge in [0.1, 0.15) is 5.82 Å². The summed E-state index contributed by atoms with van der Waals surface area (Å²) in [6.45, 7) is 3.69. The minimum atomic E-state index is 0.259. The molecule has 0 bridgehead atoms. The molecule has 1 aromatic heterocycles. The summed E-state index contributed by atoms with van der Waals surface area (Å²) in [4.78, 5) is 8.20. The maximum absolute atomic E-state index is 5.66. The lowest BCUT2D eigenvalue weighted by molar-refractivity contribution is 0.217. The molecule has 1 aliphatic rings. The Kier molecular flexibility index (Phi) is 4.61.